The van der Waals surface area contributed by atoms with E-state index in [-0.39, 0.29) is 5.56 Å². The molecule has 0 spiro atoms. The van der Waals surface area contributed by atoms with Crippen LogP contribution in [0.1, 0.15) is 36.2 Å². The number of benzene rings is 1. The molecule has 1 aromatic carbocycles. The molecule has 0 heterocycles. The Labute approximate surface area is 148 Å². The van der Waals surface area contributed by atoms with E-state index in [4.69, 9.17) is 14.7 Å². The zero-order valence-corrected chi connectivity index (χ0v) is 15.0. The smallest absolute Gasteiger partial charge is 0.335 e. The molecule has 2 N–H and O–H groups in total. The van der Waals surface area contributed by atoms with Crippen LogP contribution in [0, 0.1) is 0 Å². The van der Waals surface area contributed by atoms with Crippen molar-refractivity contribution in [2.45, 2.75) is 20.3 Å². The summed E-state index contributed by atoms with van der Waals surface area (Å²) in [6, 6.07) is 6.51. The highest BCUT2D eigenvalue weighted by Gasteiger charge is 2.07. The highest BCUT2D eigenvalue weighted by atomic mass is 16.6. The number of nitrogens with one attached hydrogen (secondary N) is 1. The lowest BCUT2D eigenvalue weighted by Crippen LogP contribution is -2.26. The van der Waals surface area contributed by atoms with Crippen LogP contribution in [0.4, 0.5) is 0 Å². The van der Waals surface area contributed by atoms with E-state index in [2.05, 4.69) is 17.4 Å². The highest BCUT2D eigenvalue weighted by Crippen LogP contribution is 2.06. The second-order valence-corrected chi connectivity index (χ2v) is 5.19. The van der Waals surface area contributed by atoms with Crippen molar-refractivity contribution in [3.63, 3.8) is 0 Å². The summed E-state index contributed by atoms with van der Waals surface area (Å²) in [7, 11) is 1.61. The van der Waals surface area contributed by atoms with Crippen molar-refractivity contribution in [3.05, 3.63) is 59.2 Å². The standard InChI is InChI=1S/C19H26N2O4/c1-4-11-24-12-7-8-15(5-2)14-25-21-18(20-3)16-9-6-10-17(13-16)19(22)23/h5-10,13H,4,11-12,14H2,1-3H3,(H,20,21)(H,22,23)/b8-7-,15-5+. The molecule has 0 saturated heterocycles. The largest absolute Gasteiger partial charge is 0.478 e. The summed E-state index contributed by atoms with van der Waals surface area (Å²) in [6.07, 6.45) is 6.84. The monoisotopic (exact) mass is 346 g/mol. The van der Waals surface area contributed by atoms with Crippen LogP contribution in [-0.4, -0.2) is 43.8 Å². The minimum Gasteiger partial charge on any atom is -0.478 e. The average Bonchev–Trinajstić information content (AvgIpc) is 2.63. The second kappa shape index (κ2) is 12.0. The number of hydrogen-bond donors (Lipinski definition) is 2. The van der Waals surface area contributed by atoms with Gasteiger partial charge in [0.05, 0.1) is 18.8 Å². The van der Waals surface area contributed by atoms with Gasteiger partial charge in [-0.2, -0.15) is 0 Å². The van der Waals surface area contributed by atoms with Gasteiger partial charge in [-0.15, -0.1) is 0 Å². The Hall–Kier alpha value is -2.44. The van der Waals surface area contributed by atoms with Crippen molar-refractivity contribution in [3.8, 4) is 0 Å². The van der Waals surface area contributed by atoms with Gasteiger partial charge < -0.3 is 9.84 Å². The molecule has 6 heteroatoms. The van der Waals surface area contributed by atoms with Crippen molar-refractivity contribution >= 4 is 11.8 Å². The first-order valence-electron chi connectivity index (χ1n) is 8.20. The maximum Gasteiger partial charge on any atom is 0.335 e. The molecule has 1 rings (SSSR count). The average molecular weight is 346 g/mol. The minimum absolute atomic E-state index is 0.199. The Kier molecular flexibility index (Phi) is 9.89. The third kappa shape index (κ3) is 7.78. The Bertz CT molecular complexity index is 636. The molecular weight excluding hydrogens is 320 g/mol. The molecule has 0 bridgehead atoms. The molecule has 0 aromatic heterocycles. The fourth-order valence-corrected chi connectivity index (χ4v) is 1.94. The van der Waals surface area contributed by atoms with Gasteiger partial charge in [0.2, 0.25) is 0 Å². The maximum absolute atomic E-state index is 11.1. The summed E-state index contributed by atoms with van der Waals surface area (Å²) in [5.41, 5.74) is 4.61. The van der Waals surface area contributed by atoms with Crippen LogP contribution in [0.2, 0.25) is 0 Å². The molecule has 0 aliphatic heterocycles. The molecule has 0 fully saturated rings. The van der Waals surface area contributed by atoms with E-state index in [0.717, 1.165) is 18.6 Å². The van der Waals surface area contributed by atoms with Crippen LogP contribution < -0.4 is 5.48 Å². The predicted octanol–water partition coefficient (Wildman–Crippen LogP) is 3.21. The first kappa shape index (κ1) is 20.6. The minimum atomic E-state index is -0.982. The van der Waals surface area contributed by atoms with Gasteiger partial charge in [-0.3, -0.25) is 9.83 Å². The van der Waals surface area contributed by atoms with Gasteiger partial charge in [0.25, 0.3) is 0 Å². The van der Waals surface area contributed by atoms with E-state index >= 15 is 0 Å². The predicted molar refractivity (Wildman–Crippen MR) is 99.0 cm³/mol. The number of hydrogen-bond acceptors (Lipinski definition) is 4. The second-order valence-electron chi connectivity index (χ2n) is 5.19. The normalized spacial score (nSPS) is 12.6. The van der Waals surface area contributed by atoms with E-state index in [1.165, 1.54) is 6.07 Å². The van der Waals surface area contributed by atoms with Gasteiger partial charge >= 0.3 is 5.97 Å². The lowest BCUT2D eigenvalue weighted by Gasteiger charge is -2.11. The van der Waals surface area contributed by atoms with Crippen molar-refractivity contribution in [2.75, 3.05) is 26.9 Å². The lowest BCUT2D eigenvalue weighted by molar-refractivity contribution is 0.0696. The topological polar surface area (TPSA) is 80.2 Å². The molecule has 0 radical (unpaired) electrons. The van der Waals surface area contributed by atoms with Crippen LogP contribution in [0.15, 0.2) is 53.1 Å². The summed E-state index contributed by atoms with van der Waals surface area (Å²) < 4.78 is 5.39. The van der Waals surface area contributed by atoms with E-state index in [1.807, 2.05) is 25.2 Å². The van der Waals surface area contributed by atoms with Crippen LogP contribution in [0.3, 0.4) is 0 Å². The van der Waals surface area contributed by atoms with Gasteiger partial charge in [-0.1, -0.05) is 37.3 Å². The van der Waals surface area contributed by atoms with Crippen molar-refractivity contribution in [1.29, 1.82) is 0 Å². The maximum atomic E-state index is 11.1. The number of carboxylic acid groups (broad SMARTS) is 1. The van der Waals surface area contributed by atoms with Crippen LogP contribution in [0.5, 0.6) is 0 Å². The van der Waals surface area contributed by atoms with Crippen molar-refractivity contribution in [2.24, 2.45) is 4.99 Å². The number of carboxylic acids is 1. The molecule has 0 atom stereocenters. The molecule has 0 unspecified atom stereocenters. The number of allylic oxidation sites excluding steroid dienone is 1. The van der Waals surface area contributed by atoms with E-state index in [0.29, 0.717) is 24.6 Å². The lowest BCUT2D eigenvalue weighted by atomic mass is 10.1. The van der Waals surface area contributed by atoms with Crippen LogP contribution >= 0.6 is 0 Å². The van der Waals surface area contributed by atoms with Crippen LogP contribution in [0.25, 0.3) is 0 Å². The third-order valence-corrected chi connectivity index (χ3v) is 3.28. The summed E-state index contributed by atoms with van der Waals surface area (Å²) in [5.74, 6) is -0.515. The van der Waals surface area contributed by atoms with Crippen molar-refractivity contribution < 1.29 is 19.5 Å². The molecule has 6 nitrogen and oxygen atoms in total. The number of carbonyl (C=O) groups is 1. The zero-order chi connectivity index (χ0) is 18.5. The van der Waals surface area contributed by atoms with Gasteiger partial charge in [-0.05, 0) is 31.1 Å². The molecule has 136 valence electrons. The van der Waals surface area contributed by atoms with E-state index in [1.54, 1.807) is 25.2 Å². The van der Waals surface area contributed by atoms with E-state index in [9.17, 15) is 4.79 Å². The molecule has 25 heavy (non-hydrogen) atoms. The fourth-order valence-electron chi connectivity index (χ4n) is 1.94. The third-order valence-electron chi connectivity index (χ3n) is 3.28. The number of rotatable bonds is 10. The van der Waals surface area contributed by atoms with Gasteiger partial charge in [0.15, 0.2) is 5.84 Å². The zero-order valence-electron chi connectivity index (χ0n) is 15.0. The molecular formula is C19H26N2O4. The highest BCUT2D eigenvalue weighted by molar-refractivity contribution is 6.00. The molecule has 0 aliphatic rings. The SMILES string of the molecule is C/C=C(\C=C/COCCC)CONC(=NC)c1cccc(C(=O)O)c1. The number of hydroxylamine groups is 1. The molecule has 0 amide bonds. The van der Waals surface area contributed by atoms with Crippen LogP contribution in [-0.2, 0) is 9.57 Å². The number of nitrogens with zero attached hydrogens (tertiary/aromatic N) is 1. The van der Waals surface area contributed by atoms with Gasteiger partial charge in [0, 0.05) is 19.2 Å². The number of aliphatic imine (C=N–C) groups is 1. The summed E-state index contributed by atoms with van der Waals surface area (Å²) in [6.45, 7) is 5.67. The number of amidine groups is 1. The van der Waals surface area contributed by atoms with Gasteiger partial charge in [0.1, 0.15) is 0 Å². The Morgan fingerprint density at radius 2 is 2.12 bits per heavy atom. The Balaban J connectivity index is 2.54. The van der Waals surface area contributed by atoms with E-state index < -0.39 is 5.97 Å². The molecule has 1 aromatic rings. The first-order chi connectivity index (χ1) is 12.1. The number of aromatic carboxylic acids is 1. The summed E-state index contributed by atoms with van der Waals surface area (Å²) >= 11 is 0. The fraction of sp³-hybridized carbons (Fsp3) is 0.368. The Morgan fingerprint density at radius 3 is 2.76 bits per heavy atom. The summed E-state index contributed by atoms with van der Waals surface area (Å²) in [4.78, 5) is 20.6. The quantitative estimate of drug-likeness (QED) is 0.224. The van der Waals surface area contributed by atoms with Crippen molar-refractivity contribution in [1.82, 2.24) is 5.48 Å². The van der Waals surface area contributed by atoms with Gasteiger partial charge in [-0.25, -0.2) is 10.3 Å². The summed E-state index contributed by atoms with van der Waals surface area (Å²) in [5, 5.41) is 9.06. The first-order valence-corrected chi connectivity index (χ1v) is 8.20. The molecule has 0 aliphatic carbocycles. The molecule has 0 saturated carbocycles. The number of ether oxygens (including phenoxy) is 1. The Morgan fingerprint density at radius 1 is 1.36 bits per heavy atom.